The van der Waals surface area contributed by atoms with Gasteiger partial charge in [0.15, 0.2) is 0 Å². The molecule has 0 fully saturated rings. The fraction of sp³-hybridized carbons (Fsp3) is 0.0909. The van der Waals surface area contributed by atoms with Gasteiger partial charge in [0.2, 0.25) is 5.95 Å². The summed E-state index contributed by atoms with van der Waals surface area (Å²) in [6.45, 7) is 1.75. The molecule has 30 heavy (non-hydrogen) atoms. The zero-order chi connectivity index (χ0) is 20.9. The summed E-state index contributed by atoms with van der Waals surface area (Å²) in [5, 5.41) is 8.98. The van der Waals surface area contributed by atoms with Crippen molar-refractivity contribution in [1.29, 1.82) is 0 Å². The van der Waals surface area contributed by atoms with Crippen LogP contribution in [0.4, 0.5) is 5.95 Å². The third-order valence-electron chi connectivity index (χ3n) is 4.37. The predicted octanol–water partition coefficient (Wildman–Crippen LogP) is 3.39. The van der Waals surface area contributed by atoms with Crippen LogP contribution in [0.5, 0.6) is 5.75 Å². The van der Waals surface area contributed by atoms with Crippen molar-refractivity contribution in [2.75, 3.05) is 12.5 Å². The second kappa shape index (κ2) is 8.44. The van der Waals surface area contributed by atoms with E-state index in [1.54, 1.807) is 24.9 Å². The molecule has 0 bridgehead atoms. The number of nitrogens with one attached hydrogen (secondary N) is 2. The van der Waals surface area contributed by atoms with E-state index in [4.69, 9.17) is 9.84 Å². The minimum Gasteiger partial charge on any atom is -0.497 e. The molecule has 2 N–H and O–H groups in total. The van der Waals surface area contributed by atoms with Crippen molar-refractivity contribution in [2.45, 2.75) is 6.92 Å². The molecule has 8 nitrogen and oxygen atoms in total. The first-order valence-corrected chi connectivity index (χ1v) is 9.29. The lowest BCUT2D eigenvalue weighted by atomic mass is 10.1. The minimum absolute atomic E-state index is 0.240. The summed E-state index contributed by atoms with van der Waals surface area (Å²) >= 11 is 0. The van der Waals surface area contributed by atoms with Crippen LogP contribution in [0, 0.1) is 6.92 Å². The van der Waals surface area contributed by atoms with Crippen LogP contribution in [0.25, 0.3) is 16.9 Å². The van der Waals surface area contributed by atoms with Gasteiger partial charge in [0.25, 0.3) is 5.56 Å². The van der Waals surface area contributed by atoms with E-state index in [9.17, 15) is 4.79 Å². The van der Waals surface area contributed by atoms with E-state index in [0.29, 0.717) is 5.69 Å². The van der Waals surface area contributed by atoms with Gasteiger partial charge in [-0.1, -0.05) is 18.2 Å². The third-order valence-corrected chi connectivity index (χ3v) is 4.37. The Kier molecular flexibility index (Phi) is 5.38. The van der Waals surface area contributed by atoms with Gasteiger partial charge >= 0.3 is 0 Å². The quantitative estimate of drug-likeness (QED) is 0.382. The first kappa shape index (κ1) is 19.1. The molecule has 0 aliphatic heterocycles. The van der Waals surface area contributed by atoms with Crippen molar-refractivity contribution in [1.82, 2.24) is 19.7 Å². The maximum atomic E-state index is 11.6. The van der Waals surface area contributed by atoms with Gasteiger partial charge in [-0.3, -0.25) is 9.78 Å². The fourth-order valence-corrected chi connectivity index (χ4v) is 2.96. The molecular formula is C22H20N6O2. The van der Waals surface area contributed by atoms with Crippen LogP contribution >= 0.6 is 0 Å². The molecule has 0 spiro atoms. The van der Waals surface area contributed by atoms with Crippen molar-refractivity contribution in [2.24, 2.45) is 5.10 Å². The minimum atomic E-state index is -0.240. The van der Waals surface area contributed by atoms with Crippen LogP contribution in [0.1, 0.15) is 11.3 Å². The maximum absolute atomic E-state index is 11.6. The normalized spacial score (nSPS) is 11.0. The standard InChI is InChI=1S/C22H20N6O2/c1-15-12-20(29)25-22(24-15)26-23-13-17-14-28(18-6-4-3-5-7-18)27-21(17)16-8-10-19(30-2)11-9-16/h3-14H,1-2H3,(H2,24,25,26,29)/b23-13-. The summed E-state index contributed by atoms with van der Waals surface area (Å²) in [6, 6.07) is 18.9. The van der Waals surface area contributed by atoms with Crippen molar-refractivity contribution in [3.63, 3.8) is 0 Å². The average Bonchev–Trinajstić information content (AvgIpc) is 3.18. The molecule has 2 heterocycles. The summed E-state index contributed by atoms with van der Waals surface area (Å²) in [5.41, 5.74) is 6.55. The third kappa shape index (κ3) is 4.27. The van der Waals surface area contributed by atoms with Crippen LogP contribution in [-0.2, 0) is 0 Å². The zero-order valence-corrected chi connectivity index (χ0v) is 16.5. The van der Waals surface area contributed by atoms with Gasteiger partial charge in [0.05, 0.1) is 19.0 Å². The van der Waals surface area contributed by atoms with Crippen LogP contribution < -0.4 is 15.7 Å². The number of aromatic amines is 1. The predicted molar refractivity (Wildman–Crippen MR) is 116 cm³/mol. The lowest BCUT2D eigenvalue weighted by Crippen LogP contribution is -2.10. The SMILES string of the molecule is COc1ccc(-c2nn(-c3ccccc3)cc2/C=N\Nc2nc(C)cc(=O)[nH]2)cc1. The summed E-state index contributed by atoms with van der Waals surface area (Å²) in [4.78, 5) is 18.4. The van der Waals surface area contributed by atoms with Crippen molar-refractivity contribution in [3.8, 4) is 22.7 Å². The molecule has 2 aromatic heterocycles. The molecular weight excluding hydrogens is 380 g/mol. The number of nitrogens with zero attached hydrogens (tertiary/aromatic N) is 4. The molecule has 0 saturated carbocycles. The number of benzene rings is 2. The van der Waals surface area contributed by atoms with Crippen molar-refractivity contribution < 1.29 is 4.74 Å². The molecule has 150 valence electrons. The van der Waals surface area contributed by atoms with Gasteiger partial charge < -0.3 is 4.74 Å². The van der Waals surface area contributed by atoms with E-state index in [-0.39, 0.29) is 11.5 Å². The Balaban J connectivity index is 1.69. The Morgan fingerprint density at radius 3 is 2.60 bits per heavy atom. The Labute approximate surface area is 172 Å². The number of H-pyrrole nitrogens is 1. The largest absolute Gasteiger partial charge is 0.497 e. The molecule has 0 aliphatic carbocycles. The molecule has 0 amide bonds. The highest BCUT2D eigenvalue weighted by Crippen LogP contribution is 2.25. The average molecular weight is 400 g/mol. The van der Waals surface area contributed by atoms with Crippen LogP contribution in [0.15, 0.2) is 76.8 Å². The number of methoxy groups -OCH3 is 1. The number of hydrogen-bond acceptors (Lipinski definition) is 6. The van der Waals surface area contributed by atoms with Gasteiger partial charge in [-0.05, 0) is 43.3 Å². The topological polar surface area (TPSA) is 97.2 Å². The summed E-state index contributed by atoms with van der Waals surface area (Å²) in [6.07, 6.45) is 3.54. The number of aromatic nitrogens is 4. The Morgan fingerprint density at radius 1 is 1.13 bits per heavy atom. The molecule has 4 rings (SSSR count). The number of ether oxygens (including phenoxy) is 1. The highest BCUT2D eigenvalue weighted by molar-refractivity contribution is 5.89. The van der Waals surface area contributed by atoms with E-state index in [1.165, 1.54) is 6.07 Å². The molecule has 4 aromatic rings. The first-order valence-electron chi connectivity index (χ1n) is 9.29. The second-order valence-electron chi connectivity index (χ2n) is 6.55. The number of rotatable bonds is 6. The fourth-order valence-electron chi connectivity index (χ4n) is 2.96. The van der Waals surface area contributed by atoms with E-state index >= 15 is 0 Å². The maximum Gasteiger partial charge on any atom is 0.252 e. The number of para-hydroxylation sites is 1. The van der Waals surface area contributed by atoms with Gasteiger partial charge in [-0.25, -0.2) is 15.1 Å². The molecule has 0 radical (unpaired) electrons. The van der Waals surface area contributed by atoms with Gasteiger partial charge in [0, 0.05) is 29.1 Å². The molecule has 0 unspecified atom stereocenters. The first-order chi connectivity index (χ1) is 14.6. The Hall–Kier alpha value is -4.20. The molecule has 2 aromatic carbocycles. The summed E-state index contributed by atoms with van der Waals surface area (Å²) in [7, 11) is 1.63. The Morgan fingerprint density at radius 2 is 1.90 bits per heavy atom. The van der Waals surface area contributed by atoms with E-state index < -0.39 is 0 Å². The van der Waals surface area contributed by atoms with Crippen LogP contribution in [0.2, 0.25) is 0 Å². The molecule has 0 aliphatic rings. The number of hydrazone groups is 1. The second-order valence-corrected chi connectivity index (χ2v) is 6.55. The number of anilines is 1. The van der Waals surface area contributed by atoms with Gasteiger partial charge in [-0.15, -0.1) is 0 Å². The van der Waals surface area contributed by atoms with Crippen molar-refractivity contribution >= 4 is 12.2 Å². The van der Waals surface area contributed by atoms with E-state index in [1.807, 2.05) is 60.8 Å². The summed E-state index contributed by atoms with van der Waals surface area (Å²) < 4.78 is 7.04. The van der Waals surface area contributed by atoms with Gasteiger partial charge in [-0.2, -0.15) is 10.2 Å². The highest BCUT2D eigenvalue weighted by atomic mass is 16.5. The highest BCUT2D eigenvalue weighted by Gasteiger charge is 2.11. The summed E-state index contributed by atoms with van der Waals surface area (Å²) in [5.74, 6) is 1.05. The lowest BCUT2D eigenvalue weighted by Gasteiger charge is -2.03. The van der Waals surface area contributed by atoms with Crippen LogP contribution in [0.3, 0.4) is 0 Å². The number of aryl methyl sites for hydroxylation is 1. The molecule has 0 saturated heterocycles. The zero-order valence-electron chi connectivity index (χ0n) is 16.5. The molecule has 8 heteroatoms. The monoisotopic (exact) mass is 400 g/mol. The van der Waals surface area contributed by atoms with Crippen LogP contribution in [-0.4, -0.2) is 33.1 Å². The van der Waals surface area contributed by atoms with Gasteiger partial charge in [0.1, 0.15) is 11.4 Å². The van der Waals surface area contributed by atoms with Crippen molar-refractivity contribution in [3.05, 3.63) is 88.5 Å². The van der Waals surface area contributed by atoms with E-state index in [0.717, 1.165) is 28.3 Å². The van der Waals surface area contributed by atoms with E-state index in [2.05, 4.69) is 20.5 Å². The lowest BCUT2D eigenvalue weighted by molar-refractivity contribution is 0.415. The molecule has 0 atom stereocenters. The smallest absolute Gasteiger partial charge is 0.252 e. The Bertz CT molecular complexity index is 1230. The number of hydrogen-bond donors (Lipinski definition) is 2.